The molecule has 56 valence electrons. The second-order valence-corrected chi connectivity index (χ2v) is 2.14. The number of carbonyl (C=O) groups excluding carboxylic acids is 2. The van der Waals surface area contributed by atoms with Gasteiger partial charge in [0.2, 0.25) is 5.91 Å². The third kappa shape index (κ3) is 2.01. The lowest BCUT2D eigenvalue weighted by atomic mass is 9.95. The van der Waals surface area contributed by atoms with Crippen molar-refractivity contribution in [1.82, 2.24) is 0 Å². The Morgan fingerprint density at radius 1 is 1.70 bits per heavy atom. The number of hydrogen-bond donors (Lipinski definition) is 1. The molecule has 2 atom stereocenters. The van der Waals surface area contributed by atoms with Gasteiger partial charge in [-0.2, -0.15) is 0 Å². The van der Waals surface area contributed by atoms with E-state index in [0.29, 0.717) is 6.29 Å². The Kier molecular flexibility index (Phi) is 3.39. The highest BCUT2D eigenvalue weighted by molar-refractivity contribution is 5.80. The molecule has 0 aromatic rings. The van der Waals surface area contributed by atoms with Crippen LogP contribution in [0.3, 0.4) is 0 Å². The molecule has 0 aliphatic carbocycles. The van der Waals surface area contributed by atoms with Crippen LogP contribution in [0.4, 0.5) is 0 Å². The van der Waals surface area contributed by atoms with Gasteiger partial charge in [-0.1, -0.05) is 13.0 Å². The van der Waals surface area contributed by atoms with E-state index >= 15 is 0 Å². The minimum absolute atomic E-state index is 0.447. The Balaban J connectivity index is 4.13. The van der Waals surface area contributed by atoms with Crippen molar-refractivity contribution in [3.8, 4) is 0 Å². The maximum absolute atomic E-state index is 10.5. The van der Waals surface area contributed by atoms with E-state index in [9.17, 15) is 9.59 Å². The van der Waals surface area contributed by atoms with E-state index in [2.05, 4.69) is 6.58 Å². The van der Waals surface area contributed by atoms with Gasteiger partial charge in [0.05, 0.1) is 0 Å². The van der Waals surface area contributed by atoms with Crippen LogP contribution >= 0.6 is 0 Å². The molecule has 3 heteroatoms. The van der Waals surface area contributed by atoms with Gasteiger partial charge in [0.15, 0.2) is 0 Å². The van der Waals surface area contributed by atoms with Gasteiger partial charge in [0.1, 0.15) is 6.29 Å². The molecule has 2 unspecified atom stereocenters. The van der Waals surface area contributed by atoms with Crippen molar-refractivity contribution in [2.75, 3.05) is 0 Å². The topological polar surface area (TPSA) is 60.2 Å². The number of amides is 1. The van der Waals surface area contributed by atoms with Gasteiger partial charge in [-0.25, -0.2) is 0 Å². The molecule has 0 spiro atoms. The maximum atomic E-state index is 10.5. The molecule has 2 N–H and O–H groups in total. The van der Waals surface area contributed by atoms with Crippen LogP contribution in [0.5, 0.6) is 0 Å². The average molecular weight is 141 g/mol. The number of rotatable bonds is 4. The van der Waals surface area contributed by atoms with Crippen LogP contribution in [-0.4, -0.2) is 12.2 Å². The molecular weight excluding hydrogens is 130 g/mol. The zero-order valence-electron chi connectivity index (χ0n) is 5.91. The summed E-state index contributed by atoms with van der Waals surface area (Å²) < 4.78 is 0. The number of hydrogen-bond acceptors (Lipinski definition) is 2. The summed E-state index contributed by atoms with van der Waals surface area (Å²) in [6, 6.07) is 0. The number of carbonyl (C=O) groups is 2. The van der Waals surface area contributed by atoms with E-state index in [1.54, 1.807) is 6.92 Å². The summed E-state index contributed by atoms with van der Waals surface area (Å²) in [5.74, 6) is -1.37. The van der Waals surface area contributed by atoms with Crippen molar-refractivity contribution in [2.24, 2.45) is 17.6 Å². The summed E-state index contributed by atoms with van der Waals surface area (Å²) in [5, 5.41) is 0. The zero-order valence-corrected chi connectivity index (χ0v) is 5.91. The van der Waals surface area contributed by atoms with Gasteiger partial charge in [0.25, 0.3) is 0 Å². The fourth-order valence-electron chi connectivity index (χ4n) is 0.567. The SMILES string of the molecule is C=CC(C=O)C(C)C(N)=O. The van der Waals surface area contributed by atoms with Crippen molar-refractivity contribution in [3.05, 3.63) is 12.7 Å². The summed E-state index contributed by atoms with van der Waals surface area (Å²) in [4.78, 5) is 20.7. The number of primary amides is 1. The molecule has 3 nitrogen and oxygen atoms in total. The van der Waals surface area contributed by atoms with E-state index in [0.717, 1.165) is 0 Å². The van der Waals surface area contributed by atoms with Gasteiger partial charge in [0, 0.05) is 11.8 Å². The third-order valence-corrected chi connectivity index (χ3v) is 1.46. The standard InChI is InChI=1S/C7H11NO2/c1-3-6(4-9)5(2)7(8)10/h3-6H,1H2,2H3,(H2,8,10). The Morgan fingerprint density at radius 3 is 2.30 bits per heavy atom. The molecule has 0 aliphatic heterocycles. The largest absolute Gasteiger partial charge is 0.369 e. The van der Waals surface area contributed by atoms with Crippen LogP contribution in [-0.2, 0) is 9.59 Å². The van der Waals surface area contributed by atoms with Crippen LogP contribution in [0.25, 0.3) is 0 Å². The van der Waals surface area contributed by atoms with Gasteiger partial charge in [-0.15, -0.1) is 6.58 Å². The minimum atomic E-state index is -0.475. The number of nitrogens with two attached hydrogens (primary N) is 1. The van der Waals surface area contributed by atoms with Crippen molar-refractivity contribution in [2.45, 2.75) is 6.92 Å². The second kappa shape index (κ2) is 3.82. The van der Waals surface area contributed by atoms with Crippen molar-refractivity contribution >= 4 is 12.2 Å². The van der Waals surface area contributed by atoms with Crippen molar-refractivity contribution in [1.29, 1.82) is 0 Å². The Labute approximate surface area is 59.9 Å². The first-order chi connectivity index (χ1) is 4.63. The molecule has 0 fully saturated rings. The van der Waals surface area contributed by atoms with Gasteiger partial charge in [-0.3, -0.25) is 4.79 Å². The predicted octanol–water partition coefficient (Wildman–Crippen LogP) is 0.109. The first-order valence-corrected chi connectivity index (χ1v) is 3.00. The predicted molar refractivity (Wildman–Crippen MR) is 38.1 cm³/mol. The number of aldehydes is 1. The van der Waals surface area contributed by atoms with Crippen molar-refractivity contribution in [3.63, 3.8) is 0 Å². The molecular formula is C7H11NO2. The smallest absolute Gasteiger partial charge is 0.221 e. The zero-order chi connectivity index (χ0) is 8.15. The summed E-state index contributed by atoms with van der Waals surface area (Å²) in [6.45, 7) is 5.00. The monoisotopic (exact) mass is 141 g/mol. The first-order valence-electron chi connectivity index (χ1n) is 3.00. The Hall–Kier alpha value is -1.12. The minimum Gasteiger partial charge on any atom is -0.369 e. The van der Waals surface area contributed by atoms with Crippen LogP contribution < -0.4 is 5.73 Å². The fourth-order valence-corrected chi connectivity index (χ4v) is 0.567. The van der Waals surface area contributed by atoms with Gasteiger partial charge < -0.3 is 10.5 Å². The molecule has 1 amide bonds. The Morgan fingerprint density at radius 2 is 2.20 bits per heavy atom. The lowest BCUT2D eigenvalue weighted by molar-refractivity contribution is -0.125. The molecule has 0 heterocycles. The molecule has 0 aromatic heterocycles. The number of allylic oxidation sites excluding steroid dienone is 1. The van der Waals surface area contributed by atoms with E-state index in [1.165, 1.54) is 6.08 Å². The van der Waals surface area contributed by atoms with Crippen molar-refractivity contribution < 1.29 is 9.59 Å². The van der Waals surface area contributed by atoms with Crippen LogP contribution in [0.15, 0.2) is 12.7 Å². The highest BCUT2D eigenvalue weighted by atomic mass is 16.1. The quantitative estimate of drug-likeness (QED) is 0.446. The fraction of sp³-hybridized carbons (Fsp3) is 0.429. The van der Waals surface area contributed by atoms with Crippen LogP contribution in [0.2, 0.25) is 0 Å². The molecule has 0 saturated heterocycles. The van der Waals surface area contributed by atoms with Gasteiger partial charge in [-0.05, 0) is 0 Å². The summed E-state index contributed by atoms with van der Waals surface area (Å²) in [5.41, 5.74) is 4.94. The Bertz CT molecular complexity index is 146. The molecule has 0 aliphatic rings. The molecule has 0 radical (unpaired) electrons. The normalized spacial score (nSPS) is 15.3. The maximum Gasteiger partial charge on any atom is 0.221 e. The third-order valence-electron chi connectivity index (χ3n) is 1.46. The van der Waals surface area contributed by atoms with E-state index in [-0.39, 0.29) is 0 Å². The summed E-state index contributed by atoms with van der Waals surface area (Å²) in [6.07, 6.45) is 2.09. The molecule has 0 bridgehead atoms. The van der Waals surface area contributed by atoms with Crippen LogP contribution in [0, 0.1) is 11.8 Å². The lowest BCUT2D eigenvalue weighted by Crippen LogP contribution is -2.27. The highest BCUT2D eigenvalue weighted by Crippen LogP contribution is 2.08. The second-order valence-electron chi connectivity index (χ2n) is 2.14. The summed E-state index contributed by atoms with van der Waals surface area (Å²) >= 11 is 0. The van der Waals surface area contributed by atoms with Crippen LogP contribution in [0.1, 0.15) is 6.92 Å². The molecule has 0 aromatic carbocycles. The van der Waals surface area contributed by atoms with E-state index in [1.807, 2.05) is 0 Å². The average Bonchev–Trinajstić information content (AvgIpc) is 1.90. The molecule has 10 heavy (non-hydrogen) atoms. The summed E-state index contributed by atoms with van der Waals surface area (Å²) in [7, 11) is 0. The first kappa shape index (κ1) is 8.88. The van der Waals surface area contributed by atoms with E-state index < -0.39 is 17.7 Å². The molecule has 0 rings (SSSR count). The van der Waals surface area contributed by atoms with E-state index in [4.69, 9.17) is 5.73 Å². The highest BCUT2D eigenvalue weighted by Gasteiger charge is 2.17. The van der Waals surface area contributed by atoms with Gasteiger partial charge >= 0.3 is 0 Å². The molecule has 0 saturated carbocycles. The lowest BCUT2D eigenvalue weighted by Gasteiger charge is -2.09.